The molecule has 0 bridgehead atoms. The molecule has 0 fully saturated rings. The summed E-state index contributed by atoms with van der Waals surface area (Å²) in [7, 11) is 2.24. The first-order chi connectivity index (χ1) is 7.66. The van der Waals surface area contributed by atoms with Crippen molar-refractivity contribution in [2.24, 2.45) is 5.92 Å². The molecule has 0 aliphatic heterocycles. The Morgan fingerprint density at radius 3 is 1.88 bits per heavy atom. The fourth-order valence-electron chi connectivity index (χ4n) is 2.09. The van der Waals surface area contributed by atoms with Gasteiger partial charge in [-0.1, -0.05) is 46.0 Å². The van der Waals surface area contributed by atoms with Gasteiger partial charge in [0.05, 0.1) is 0 Å². The van der Waals surface area contributed by atoms with E-state index in [1.54, 1.807) is 0 Å². The lowest BCUT2D eigenvalue weighted by Gasteiger charge is -2.18. The smallest absolute Gasteiger partial charge is 0.000133 e. The molecule has 0 aliphatic rings. The second-order valence-electron chi connectivity index (χ2n) is 5.35. The Morgan fingerprint density at radius 2 is 1.38 bits per heavy atom. The topological polar surface area (TPSA) is 3.24 Å². The molecule has 0 aliphatic carbocycles. The SMILES string of the molecule is CC(C)CN(C)CCCCCCCCCS. The summed E-state index contributed by atoms with van der Waals surface area (Å²) in [4.78, 5) is 2.46. The van der Waals surface area contributed by atoms with E-state index in [2.05, 4.69) is 38.4 Å². The van der Waals surface area contributed by atoms with Crippen molar-refractivity contribution >= 4 is 12.6 Å². The van der Waals surface area contributed by atoms with Crippen LogP contribution in [0, 0.1) is 5.92 Å². The standard InChI is InChI=1S/C14H31NS/c1-14(2)13-15(3)11-9-7-5-4-6-8-10-12-16/h14,16H,4-13H2,1-3H3. The zero-order valence-electron chi connectivity index (χ0n) is 11.5. The number of nitrogens with zero attached hydrogens (tertiary/aromatic N) is 1. The summed E-state index contributed by atoms with van der Waals surface area (Å²) in [5.74, 6) is 1.85. The molecule has 0 aromatic heterocycles. The molecule has 2 heteroatoms. The molecule has 0 aromatic rings. The molecular formula is C14H31NS. The first-order valence-electron chi connectivity index (χ1n) is 6.96. The van der Waals surface area contributed by atoms with Crippen LogP contribution in [0.15, 0.2) is 0 Å². The van der Waals surface area contributed by atoms with Gasteiger partial charge in [0.1, 0.15) is 0 Å². The van der Waals surface area contributed by atoms with Crippen molar-refractivity contribution in [2.45, 2.75) is 58.8 Å². The Bertz CT molecular complexity index is 137. The highest BCUT2D eigenvalue weighted by Crippen LogP contribution is 2.08. The first kappa shape index (κ1) is 16.3. The van der Waals surface area contributed by atoms with Crippen LogP contribution in [0.25, 0.3) is 0 Å². The number of hydrogen-bond acceptors (Lipinski definition) is 2. The van der Waals surface area contributed by atoms with E-state index in [0.717, 1.165) is 11.7 Å². The lowest BCUT2D eigenvalue weighted by Crippen LogP contribution is -2.24. The summed E-state index contributed by atoms with van der Waals surface area (Å²) in [5, 5.41) is 0. The van der Waals surface area contributed by atoms with Crippen LogP contribution < -0.4 is 0 Å². The van der Waals surface area contributed by atoms with E-state index in [1.807, 2.05) is 0 Å². The van der Waals surface area contributed by atoms with Crippen LogP contribution in [-0.2, 0) is 0 Å². The third kappa shape index (κ3) is 12.4. The van der Waals surface area contributed by atoms with Crippen LogP contribution in [0.2, 0.25) is 0 Å². The molecule has 0 N–H and O–H groups in total. The summed E-state index contributed by atoms with van der Waals surface area (Å²) in [6.45, 7) is 7.09. The van der Waals surface area contributed by atoms with Crippen molar-refractivity contribution < 1.29 is 0 Å². The van der Waals surface area contributed by atoms with E-state index in [-0.39, 0.29) is 0 Å². The van der Waals surface area contributed by atoms with Crippen LogP contribution in [0.1, 0.15) is 58.8 Å². The van der Waals surface area contributed by atoms with Crippen molar-refractivity contribution in [3.63, 3.8) is 0 Å². The van der Waals surface area contributed by atoms with Gasteiger partial charge in [-0.25, -0.2) is 0 Å². The molecule has 0 spiro atoms. The van der Waals surface area contributed by atoms with Gasteiger partial charge in [0.2, 0.25) is 0 Å². The Hall–Kier alpha value is 0.310. The van der Waals surface area contributed by atoms with Gasteiger partial charge in [0, 0.05) is 6.54 Å². The van der Waals surface area contributed by atoms with Gasteiger partial charge >= 0.3 is 0 Å². The van der Waals surface area contributed by atoms with Crippen LogP contribution in [0.4, 0.5) is 0 Å². The van der Waals surface area contributed by atoms with Gasteiger partial charge in [-0.2, -0.15) is 12.6 Å². The highest BCUT2D eigenvalue weighted by molar-refractivity contribution is 7.80. The first-order valence-corrected chi connectivity index (χ1v) is 7.59. The minimum Gasteiger partial charge on any atom is -0.306 e. The average molecular weight is 245 g/mol. The van der Waals surface area contributed by atoms with E-state index >= 15 is 0 Å². The van der Waals surface area contributed by atoms with Gasteiger partial charge in [-0.3, -0.25) is 0 Å². The molecule has 0 heterocycles. The molecule has 0 saturated carbocycles. The van der Waals surface area contributed by atoms with Gasteiger partial charge in [0.25, 0.3) is 0 Å². The van der Waals surface area contributed by atoms with E-state index in [0.29, 0.717) is 0 Å². The summed E-state index contributed by atoms with van der Waals surface area (Å²) in [5.41, 5.74) is 0. The summed E-state index contributed by atoms with van der Waals surface area (Å²) in [6.07, 6.45) is 9.68. The number of unbranched alkanes of at least 4 members (excludes halogenated alkanes) is 6. The Labute approximate surface area is 108 Å². The summed E-state index contributed by atoms with van der Waals surface area (Å²) < 4.78 is 0. The third-order valence-electron chi connectivity index (χ3n) is 2.87. The van der Waals surface area contributed by atoms with E-state index in [4.69, 9.17) is 0 Å². The second-order valence-corrected chi connectivity index (χ2v) is 5.80. The van der Waals surface area contributed by atoms with Gasteiger partial charge < -0.3 is 4.90 Å². The van der Waals surface area contributed by atoms with Crippen molar-refractivity contribution in [3.05, 3.63) is 0 Å². The van der Waals surface area contributed by atoms with Crippen molar-refractivity contribution in [2.75, 3.05) is 25.9 Å². The average Bonchev–Trinajstić information content (AvgIpc) is 2.21. The Kier molecular flexibility index (Phi) is 12.0. The molecule has 1 nitrogen and oxygen atoms in total. The van der Waals surface area contributed by atoms with Crippen LogP contribution in [-0.4, -0.2) is 30.8 Å². The van der Waals surface area contributed by atoms with Crippen molar-refractivity contribution in [1.29, 1.82) is 0 Å². The van der Waals surface area contributed by atoms with E-state index in [9.17, 15) is 0 Å². The zero-order valence-corrected chi connectivity index (χ0v) is 12.4. The maximum Gasteiger partial charge on any atom is 0.000133 e. The highest BCUT2D eigenvalue weighted by Gasteiger charge is 2.00. The molecule has 16 heavy (non-hydrogen) atoms. The summed E-state index contributed by atoms with van der Waals surface area (Å²) in [6, 6.07) is 0. The van der Waals surface area contributed by atoms with Crippen molar-refractivity contribution in [1.82, 2.24) is 4.90 Å². The number of hydrogen-bond donors (Lipinski definition) is 1. The maximum absolute atomic E-state index is 4.22. The third-order valence-corrected chi connectivity index (χ3v) is 3.19. The van der Waals surface area contributed by atoms with Gasteiger partial charge in [-0.05, 0) is 38.1 Å². The molecular weight excluding hydrogens is 214 g/mol. The number of thiol groups is 1. The fourth-order valence-corrected chi connectivity index (χ4v) is 2.32. The second kappa shape index (κ2) is 11.8. The molecule has 0 radical (unpaired) electrons. The number of rotatable bonds is 11. The highest BCUT2D eigenvalue weighted by atomic mass is 32.1. The predicted molar refractivity (Wildman–Crippen MR) is 78.5 cm³/mol. The Morgan fingerprint density at radius 1 is 0.875 bits per heavy atom. The normalized spacial score (nSPS) is 11.6. The summed E-state index contributed by atoms with van der Waals surface area (Å²) >= 11 is 4.22. The van der Waals surface area contributed by atoms with Crippen LogP contribution >= 0.6 is 12.6 Å². The molecule has 0 atom stereocenters. The lowest BCUT2D eigenvalue weighted by molar-refractivity contribution is 0.288. The fraction of sp³-hybridized carbons (Fsp3) is 1.00. The quantitative estimate of drug-likeness (QED) is 0.421. The molecule has 98 valence electrons. The molecule has 0 saturated heterocycles. The van der Waals surface area contributed by atoms with E-state index in [1.165, 1.54) is 58.0 Å². The van der Waals surface area contributed by atoms with Gasteiger partial charge in [0.15, 0.2) is 0 Å². The predicted octanol–water partition coefficient (Wildman–Crippen LogP) is 4.23. The molecule has 0 unspecified atom stereocenters. The van der Waals surface area contributed by atoms with Gasteiger partial charge in [-0.15, -0.1) is 0 Å². The minimum atomic E-state index is 0.797. The largest absolute Gasteiger partial charge is 0.306 e. The van der Waals surface area contributed by atoms with Crippen molar-refractivity contribution in [3.8, 4) is 0 Å². The molecule has 0 amide bonds. The van der Waals surface area contributed by atoms with Crippen LogP contribution in [0.5, 0.6) is 0 Å². The molecule has 0 rings (SSSR count). The molecule has 0 aromatic carbocycles. The monoisotopic (exact) mass is 245 g/mol. The zero-order chi connectivity index (χ0) is 12.2. The maximum atomic E-state index is 4.22. The minimum absolute atomic E-state index is 0.797. The Balaban J connectivity index is 3.08. The lowest BCUT2D eigenvalue weighted by atomic mass is 10.1. The van der Waals surface area contributed by atoms with E-state index < -0.39 is 0 Å². The van der Waals surface area contributed by atoms with Crippen LogP contribution in [0.3, 0.4) is 0 Å².